The molecule has 0 spiro atoms. The molecule has 0 aliphatic rings. The maximum atomic E-state index is 13.0. The van der Waals surface area contributed by atoms with Gasteiger partial charge in [0.15, 0.2) is 4.75 Å². The number of hydrogen-bond donors (Lipinski definition) is 3. The van der Waals surface area contributed by atoms with Gasteiger partial charge in [-0.25, -0.2) is 0 Å². The molecule has 0 bridgehead atoms. The van der Waals surface area contributed by atoms with Crippen molar-refractivity contribution < 1.29 is 23.2 Å². The third-order valence-electron chi connectivity index (χ3n) is 4.36. The second-order valence-electron chi connectivity index (χ2n) is 6.11. The van der Waals surface area contributed by atoms with Crippen LogP contribution in [0.15, 0.2) is 54.6 Å². The molecule has 3 rings (SSSR count). The summed E-state index contributed by atoms with van der Waals surface area (Å²) in [6, 6.07) is 11.4. The van der Waals surface area contributed by atoms with Crippen molar-refractivity contribution in [1.82, 2.24) is 0 Å². The van der Waals surface area contributed by atoms with Gasteiger partial charge in [-0.05, 0) is 48.0 Å². The van der Waals surface area contributed by atoms with Gasteiger partial charge in [0.2, 0.25) is 0 Å². The predicted octanol–water partition coefficient (Wildman–Crippen LogP) is 5.89. The minimum atomic E-state index is -5.09. The van der Waals surface area contributed by atoms with Gasteiger partial charge < -0.3 is 10.2 Å². The third kappa shape index (κ3) is 3.77. The molecule has 3 aromatic carbocycles. The van der Waals surface area contributed by atoms with Gasteiger partial charge in [0, 0.05) is 26.2 Å². The van der Waals surface area contributed by atoms with E-state index in [9.17, 15) is 23.2 Å². The molecule has 1 atom stereocenters. The largest absolute Gasteiger partial charge is 0.508 e. The number of hydrogen-bond acceptors (Lipinski definition) is 4. The lowest BCUT2D eigenvalue weighted by atomic mass is 9.83. The smallest absolute Gasteiger partial charge is 0.283 e. The second kappa shape index (κ2) is 7.87. The van der Waals surface area contributed by atoms with Crippen LogP contribution in [0.2, 0.25) is 20.1 Å². The number of phenols is 2. The van der Waals surface area contributed by atoms with Crippen LogP contribution in [-0.2, 0) is 14.9 Å². The maximum absolute atomic E-state index is 13.0. The number of halogens is 4. The fourth-order valence-electron chi connectivity index (χ4n) is 3.18. The molecule has 1 unspecified atom stereocenters. The van der Waals surface area contributed by atoms with Crippen LogP contribution in [0.5, 0.6) is 11.5 Å². The van der Waals surface area contributed by atoms with Gasteiger partial charge in [-0.1, -0.05) is 58.5 Å². The summed E-state index contributed by atoms with van der Waals surface area (Å²) in [6.07, 6.45) is 0. The standard InChI is InChI=1S/C19H12Cl4O5S/c20-11-3-1-2-10(6-11)19(29(26,27)28,13-7-12(24)4-5-15(13)21)14-8-18(25)17(23)9-16(14)22/h1-9,24-25H,(H,26,27,28). The highest BCUT2D eigenvalue weighted by atomic mass is 35.5. The minimum Gasteiger partial charge on any atom is -0.508 e. The second-order valence-corrected chi connectivity index (χ2v) is 9.33. The SMILES string of the molecule is O=S(=O)(O)C(c1cccc(Cl)c1)(c1cc(O)ccc1Cl)c1cc(O)c(Cl)cc1Cl. The lowest BCUT2D eigenvalue weighted by Crippen LogP contribution is -2.38. The van der Waals surface area contributed by atoms with Crippen LogP contribution in [-0.4, -0.2) is 23.2 Å². The van der Waals surface area contributed by atoms with Gasteiger partial charge in [-0.2, -0.15) is 8.42 Å². The molecule has 3 aromatic rings. The Bertz CT molecular complexity index is 1210. The molecule has 0 saturated heterocycles. The van der Waals surface area contributed by atoms with Gasteiger partial charge in [-0.15, -0.1) is 0 Å². The van der Waals surface area contributed by atoms with E-state index in [0.29, 0.717) is 0 Å². The van der Waals surface area contributed by atoms with E-state index in [2.05, 4.69) is 0 Å². The summed E-state index contributed by atoms with van der Waals surface area (Å²) < 4.78 is 34.0. The van der Waals surface area contributed by atoms with E-state index in [-0.39, 0.29) is 42.5 Å². The van der Waals surface area contributed by atoms with Crippen LogP contribution in [0.4, 0.5) is 0 Å². The molecule has 0 amide bonds. The molecule has 3 N–H and O–H groups in total. The summed E-state index contributed by atoms with van der Waals surface area (Å²) in [5, 5.41) is 19.9. The van der Waals surface area contributed by atoms with Crippen molar-refractivity contribution in [2.45, 2.75) is 4.75 Å². The highest BCUT2D eigenvalue weighted by Gasteiger charge is 2.51. The Labute approximate surface area is 186 Å². The quantitative estimate of drug-likeness (QED) is 0.311. The zero-order valence-electron chi connectivity index (χ0n) is 14.3. The first kappa shape index (κ1) is 22.0. The fourth-order valence-corrected chi connectivity index (χ4v) is 5.59. The summed E-state index contributed by atoms with van der Waals surface area (Å²) in [5.41, 5.74) is -0.463. The highest BCUT2D eigenvalue weighted by Crippen LogP contribution is 2.51. The van der Waals surface area contributed by atoms with Crippen molar-refractivity contribution in [3.63, 3.8) is 0 Å². The van der Waals surface area contributed by atoms with E-state index < -0.39 is 20.6 Å². The molecular formula is C19H12Cl4O5S. The lowest BCUT2D eigenvalue weighted by Gasteiger charge is -2.34. The first-order valence-electron chi connectivity index (χ1n) is 7.89. The molecular weight excluding hydrogens is 482 g/mol. The van der Waals surface area contributed by atoms with Gasteiger partial charge in [0.1, 0.15) is 11.5 Å². The van der Waals surface area contributed by atoms with Gasteiger partial charge in [-0.3, -0.25) is 4.55 Å². The molecule has 10 heteroatoms. The van der Waals surface area contributed by atoms with Crippen LogP contribution in [0.3, 0.4) is 0 Å². The van der Waals surface area contributed by atoms with Crippen LogP contribution in [0.1, 0.15) is 16.7 Å². The molecule has 0 saturated carbocycles. The summed E-state index contributed by atoms with van der Waals surface area (Å²) in [6.45, 7) is 0. The van der Waals surface area contributed by atoms with Crippen molar-refractivity contribution in [1.29, 1.82) is 0 Å². The van der Waals surface area contributed by atoms with Crippen LogP contribution < -0.4 is 0 Å². The summed E-state index contributed by atoms with van der Waals surface area (Å²) in [4.78, 5) is 0. The monoisotopic (exact) mass is 492 g/mol. The summed E-state index contributed by atoms with van der Waals surface area (Å²) in [5.74, 6) is -0.786. The average molecular weight is 494 g/mol. The number of benzene rings is 3. The van der Waals surface area contributed by atoms with E-state index in [1.165, 1.54) is 36.4 Å². The Morgan fingerprint density at radius 3 is 2.03 bits per heavy atom. The Morgan fingerprint density at radius 1 is 0.759 bits per heavy atom. The molecule has 0 fully saturated rings. The van der Waals surface area contributed by atoms with Crippen molar-refractivity contribution in [3.05, 3.63) is 91.4 Å². The van der Waals surface area contributed by atoms with Crippen molar-refractivity contribution >= 4 is 56.5 Å². The molecule has 152 valence electrons. The minimum absolute atomic E-state index is 0.0244. The van der Waals surface area contributed by atoms with Crippen LogP contribution >= 0.6 is 46.4 Å². The molecule has 0 aromatic heterocycles. The van der Waals surface area contributed by atoms with E-state index in [1.54, 1.807) is 0 Å². The Balaban J connectivity index is 2.63. The van der Waals surface area contributed by atoms with E-state index in [0.717, 1.165) is 18.2 Å². The van der Waals surface area contributed by atoms with E-state index in [4.69, 9.17) is 46.4 Å². The number of rotatable bonds is 4. The number of aromatic hydroxyl groups is 2. The molecule has 0 aliphatic carbocycles. The van der Waals surface area contributed by atoms with Gasteiger partial charge in [0.05, 0.1) is 5.02 Å². The predicted molar refractivity (Wildman–Crippen MR) is 114 cm³/mol. The Hall–Kier alpha value is -1.67. The van der Waals surface area contributed by atoms with E-state index in [1.807, 2.05) is 0 Å². The van der Waals surface area contributed by atoms with Crippen LogP contribution in [0.25, 0.3) is 0 Å². The van der Waals surface area contributed by atoms with Crippen molar-refractivity contribution in [2.24, 2.45) is 0 Å². The third-order valence-corrected chi connectivity index (χ3v) is 6.99. The Kier molecular flexibility index (Phi) is 5.98. The normalized spacial score (nSPS) is 13.8. The molecule has 5 nitrogen and oxygen atoms in total. The first-order chi connectivity index (χ1) is 13.5. The average Bonchev–Trinajstić information content (AvgIpc) is 2.61. The first-order valence-corrected chi connectivity index (χ1v) is 10.8. The molecule has 29 heavy (non-hydrogen) atoms. The highest BCUT2D eigenvalue weighted by molar-refractivity contribution is 7.87. The van der Waals surface area contributed by atoms with E-state index >= 15 is 0 Å². The van der Waals surface area contributed by atoms with Gasteiger partial charge >= 0.3 is 0 Å². The summed E-state index contributed by atoms with van der Waals surface area (Å²) >= 11 is 24.6. The molecule has 0 radical (unpaired) electrons. The zero-order valence-corrected chi connectivity index (χ0v) is 18.1. The summed E-state index contributed by atoms with van der Waals surface area (Å²) in [7, 11) is -5.09. The molecule has 0 aliphatic heterocycles. The Morgan fingerprint density at radius 2 is 1.41 bits per heavy atom. The lowest BCUT2D eigenvalue weighted by molar-refractivity contribution is 0.455. The zero-order chi connectivity index (χ0) is 21.6. The number of phenolic OH excluding ortho intramolecular Hbond substituents is 2. The topological polar surface area (TPSA) is 94.8 Å². The fraction of sp³-hybridized carbons (Fsp3) is 0.0526. The van der Waals surface area contributed by atoms with Crippen LogP contribution in [0, 0.1) is 0 Å². The van der Waals surface area contributed by atoms with Gasteiger partial charge in [0.25, 0.3) is 10.1 Å². The van der Waals surface area contributed by atoms with Crippen molar-refractivity contribution in [2.75, 3.05) is 0 Å². The van der Waals surface area contributed by atoms with Crippen molar-refractivity contribution in [3.8, 4) is 11.5 Å². The molecule has 0 heterocycles. The maximum Gasteiger partial charge on any atom is 0.283 e.